The van der Waals surface area contributed by atoms with Crippen LogP contribution in [0.4, 0.5) is 0 Å². The zero-order valence-corrected chi connectivity index (χ0v) is 13.1. The van der Waals surface area contributed by atoms with Gasteiger partial charge in [-0.25, -0.2) is 8.42 Å². The van der Waals surface area contributed by atoms with Crippen molar-refractivity contribution in [2.45, 2.75) is 76.1 Å². The van der Waals surface area contributed by atoms with Crippen molar-refractivity contribution in [2.24, 2.45) is 0 Å². The molecule has 2 fully saturated rings. The molecule has 0 spiro atoms. The molecule has 2 rings (SSSR count). The quantitative estimate of drug-likeness (QED) is 0.780. The van der Waals surface area contributed by atoms with E-state index in [0.29, 0.717) is 19.1 Å². The Morgan fingerprint density at radius 3 is 2.32 bits per heavy atom. The molecule has 1 unspecified atom stereocenters. The summed E-state index contributed by atoms with van der Waals surface area (Å²) >= 11 is 0. The van der Waals surface area contributed by atoms with E-state index in [0.717, 1.165) is 12.8 Å². The van der Waals surface area contributed by atoms with Crippen molar-refractivity contribution in [3.8, 4) is 0 Å². The molecule has 0 bridgehead atoms. The molecule has 0 aliphatic heterocycles. The number of sulfonamides is 1. The Hall–Kier alpha value is -0.130. The predicted molar refractivity (Wildman–Crippen MR) is 78.7 cm³/mol. The normalized spacial score (nSPS) is 23.7. The lowest BCUT2D eigenvalue weighted by molar-refractivity contribution is 0.259. The highest BCUT2D eigenvalue weighted by molar-refractivity contribution is 7.89. The topological polar surface area (TPSA) is 49.4 Å². The van der Waals surface area contributed by atoms with Gasteiger partial charge in [0.1, 0.15) is 0 Å². The first-order valence-electron chi connectivity index (χ1n) is 7.79. The molecule has 0 saturated heterocycles. The fraction of sp³-hybridized carbons (Fsp3) is 1.00. The standard InChI is InChI=1S/C14H28N2O2S/c1-3-16(14-7-5-4-6-8-14)19(17,18)12(2)11-15-13-9-10-13/h12-15H,3-11H2,1-2H3. The summed E-state index contributed by atoms with van der Waals surface area (Å²) in [5.74, 6) is 0. The summed E-state index contributed by atoms with van der Waals surface area (Å²) in [4.78, 5) is 0. The highest BCUT2D eigenvalue weighted by Crippen LogP contribution is 2.26. The van der Waals surface area contributed by atoms with Gasteiger partial charge in [0, 0.05) is 25.2 Å². The SMILES string of the molecule is CCN(C1CCCCC1)S(=O)(=O)C(C)CNC1CC1. The molecule has 1 atom stereocenters. The van der Waals surface area contributed by atoms with Gasteiger partial charge in [0.25, 0.3) is 0 Å². The van der Waals surface area contributed by atoms with Crippen LogP contribution in [0.3, 0.4) is 0 Å². The Morgan fingerprint density at radius 2 is 1.79 bits per heavy atom. The fourth-order valence-electron chi connectivity index (χ4n) is 2.97. The van der Waals surface area contributed by atoms with Crippen LogP contribution < -0.4 is 5.32 Å². The van der Waals surface area contributed by atoms with Gasteiger partial charge in [-0.15, -0.1) is 0 Å². The molecule has 0 amide bonds. The van der Waals surface area contributed by atoms with Crippen LogP contribution in [0.2, 0.25) is 0 Å². The number of rotatable bonds is 7. The summed E-state index contributed by atoms with van der Waals surface area (Å²) in [6.45, 7) is 5.01. The van der Waals surface area contributed by atoms with Crippen molar-refractivity contribution in [3.05, 3.63) is 0 Å². The van der Waals surface area contributed by atoms with Crippen molar-refractivity contribution in [1.82, 2.24) is 9.62 Å². The third-order valence-corrected chi connectivity index (χ3v) is 6.79. The highest BCUT2D eigenvalue weighted by atomic mass is 32.2. The zero-order chi connectivity index (χ0) is 13.9. The molecule has 19 heavy (non-hydrogen) atoms. The van der Waals surface area contributed by atoms with Gasteiger partial charge in [-0.1, -0.05) is 26.2 Å². The minimum Gasteiger partial charge on any atom is -0.313 e. The van der Waals surface area contributed by atoms with Crippen molar-refractivity contribution < 1.29 is 8.42 Å². The monoisotopic (exact) mass is 288 g/mol. The van der Waals surface area contributed by atoms with Crippen molar-refractivity contribution in [3.63, 3.8) is 0 Å². The summed E-state index contributed by atoms with van der Waals surface area (Å²) in [6.07, 6.45) is 8.08. The second-order valence-corrected chi connectivity index (χ2v) is 8.34. The molecule has 112 valence electrons. The number of hydrogen-bond acceptors (Lipinski definition) is 3. The second kappa shape index (κ2) is 6.55. The van der Waals surface area contributed by atoms with E-state index in [1.807, 2.05) is 13.8 Å². The van der Waals surface area contributed by atoms with Gasteiger partial charge in [-0.2, -0.15) is 4.31 Å². The number of hydrogen-bond donors (Lipinski definition) is 1. The minimum absolute atomic E-state index is 0.243. The largest absolute Gasteiger partial charge is 0.313 e. The van der Waals surface area contributed by atoms with E-state index < -0.39 is 10.0 Å². The molecule has 4 nitrogen and oxygen atoms in total. The summed E-state index contributed by atoms with van der Waals surface area (Å²) in [7, 11) is -3.15. The van der Waals surface area contributed by atoms with Gasteiger partial charge >= 0.3 is 0 Å². The van der Waals surface area contributed by atoms with E-state index in [2.05, 4.69) is 5.32 Å². The Bertz CT molecular complexity index is 373. The van der Waals surface area contributed by atoms with Crippen LogP contribution in [0.1, 0.15) is 58.8 Å². The van der Waals surface area contributed by atoms with E-state index in [4.69, 9.17) is 0 Å². The van der Waals surface area contributed by atoms with Gasteiger partial charge in [-0.05, 0) is 32.6 Å². The maximum absolute atomic E-state index is 12.7. The average Bonchev–Trinajstić information content (AvgIpc) is 3.21. The first kappa shape index (κ1) is 15.3. The fourth-order valence-corrected chi connectivity index (χ4v) is 4.73. The van der Waals surface area contributed by atoms with Crippen LogP contribution in [0.25, 0.3) is 0 Å². The van der Waals surface area contributed by atoms with Gasteiger partial charge < -0.3 is 5.32 Å². The summed E-state index contributed by atoms with van der Waals surface area (Å²) in [5.41, 5.74) is 0. The van der Waals surface area contributed by atoms with E-state index >= 15 is 0 Å². The van der Waals surface area contributed by atoms with E-state index in [-0.39, 0.29) is 11.3 Å². The summed E-state index contributed by atoms with van der Waals surface area (Å²) in [6, 6.07) is 0.814. The van der Waals surface area contributed by atoms with Crippen LogP contribution in [-0.2, 0) is 10.0 Å². The molecule has 0 radical (unpaired) electrons. The lowest BCUT2D eigenvalue weighted by Gasteiger charge is -2.34. The lowest BCUT2D eigenvalue weighted by Crippen LogP contribution is -2.47. The molecule has 0 aromatic rings. The van der Waals surface area contributed by atoms with Crippen molar-refractivity contribution in [2.75, 3.05) is 13.1 Å². The van der Waals surface area contributed by atoms with Crippen LogP contribution in [0.15, 0.2) is 0 Å². The first-order valence-corrected chi connectivity index (χ1v) is 9.30. The third kappa shape index (κ3) is 3.92. The lowest BCUT2D eigenvalue weighted by atomic mass is 9.95. The molecule has 0 aromatic carbocycles. The molecule has 1 N–H and O–H groups in total. The predicted octanol–water partition coefficient (Wildman–Crippen LogP) is 2.11. The highest BCUT2D eigenvalue weighted by Gasteiger charge is 2.34. The Labute approximate surface area is 118 Å². The molecule has 2 saturated carbocycles. The average molecular weight is 288 g/mol. The van der Waals surface area contributed by atoms with Gasteiger partial charge in [0.2, 0.25) is 10.0 Å². The number of nitrogens with zero attached hydrogens (tertiary/aromatic N) is 1. The molecule has 5 heteroatoms. The maximum Gasteiger partial charge on any atom is 0.218 e. The smallest absolute Gasteiger partial charge is 0.218 e. The molecule has 2 aliphatic carbocycles. The summed E-state index contributed by atoms with van der Waals surface area (Å²) < 4.78 is 27.1. The van der Waals surface area contributed by atoms with Crippen molar-refractivity contribution >= 4 is 10.0 Å². The number of nitrogens with one attached hydrogen (secondary N) is 1. The Kier molecular flexibility index (Phi) is 5.26. The second-order valence-electron chi connectivity index (χ2n) is 6.03. The zero-order valence-electron chi connectivity index (χ0n) is 12.3. The van der Waals surface area contributed by atoms with Gasteiger partial charge in [0.05, 0.1) is 5.25 Å². The Morgan fingerprint density at radius 1 is 1.16 bits per heavy atom. The van der Waals surface area contributed by atoms with Gasteiger partial charge in [-0.3, -0.25) is 0 Å². The first-order chi connectivity index (χ1) is 9.05. The molecular formula is C14H28N2O2S. The summed E-state index contributed by atoms with van der Waals surface area (Å²) in [5, 5.41) is 3.03. The molecule has 0 aromatic heterocycles. The van der Waals surface area contributed by atoms with Crippen LogP contribution in [-0.4, -0.2) is 43.1 Å². The maximum atomic E-state index is 12.7. The van der Waals surface area contributed by atoms with Crippen molar-refractivity contribution in [1.29, 1.82) is 0 Å². The van der Waals surface area contributed by atoms with E-state index in [9.17, 15) is 8.42 Å². The Balaban J connectivity index is 1.96. The van der Waals surface area contributed by atoms with Crippen LogP contribution in [0, 0.1) is 0 Å². The van der Waals surface area contributed by atoms with E-state index in [1.165, 1.54) is 32.1 Å². The van der Waals surface area contributed by atoms with Crippen LogP contribution in [0.5, 0.6) is 0 Å². The third-order valence-electron chi connectivity index (χ3n) is 4.40. The molecule has 0 heterocycles. The van der Waals surface area contributed by atoms with E-state index in [1.54, 1.807) is 4.31 Å². The van der Waals surface area contributed by atoms with Gasteiger partial charge in [0.15, 0.2) is 0 Å². The minimum atomic E-state index is -3.15. The van der Waals surface area contributed by atoms with Crippen LogP contribution >= 0.6 is 0 Å². The molecule has 2 aliphatic rings. The molecular weight excluding hydrogens is 260 g/mol.